The number of rotatable bonds is 2. The van der Waals surface area contributed by atoms with Crippen LogP contribution in [0.25, 0.3) is 10.9 Å². The van der Waals surface area contributed by atoms with Crippen LogP contribution in [0.1, 0.15) is 45.0 Å². The third kappa shape index (κ3) is 3.83. The van der Waals surface area contributed by atoms with E-state index in [1.54, 1.807) is 12.3 Å². The van der Waals surface area contributed by atoms with Gasteiger partial charge in [0.05, 0.1) is 16.7 Å². The molecular weight excluding hydrogens is 340 g/mol. The normalized spacial score (nSPS) is 23.6. The average Bonchev–Trinajstić information content (AvgIpc) is 2.57. The van der Waals surface area contributed by atoms with E-state index in [9.17, 15) is 9.90 Å². The molecule has 0 amide bonds. The molecule has 1 fully saturated rings. The lowest BCUT2D eigenvalue weighted by Crippen LogP contribution is -2.50. The summed E-state index contributed by atoms with van der Waals surface area (Å²) >= 11 is 0. The lowest BCUT2D eigenvalue weighted by atomic mass is 9.80. The Hall–Kier alpha value is -2.40. The summed E-state index contributed by atoms with van der Waals surface area (Å²) in [6.07, 6.45) is 1.63. The Labute approximate surface area is 160 Å². The Morgan fingerprint density at radius 3 is 2.70 bits per heavy atom. The molecule has 1 aliphatic rings. The van der Waals surface area contributed by atoms with Crippen LogP contribution in [0.2, 0.25) is 0 Å². The highest BCUT2D eigenvalue weighted by Gasteiger charge is 2.37. The highest BCUT2D eigenvalue weighted by atomic mass is 16.6. The maximum atomic E-state index is 12.6. The molecule has 1 aliphatic heterocycles. The maximum absolute atomic E-state index is 12.6. The number of nitrogens with zero attached hydrogens (tertiary/aromatic N) is 2. The molecule has 2 atom stereocenters. The smallest absolute Gasteiger partial charge is 0.339 e. The van der Waals surface area contributed by atoms with Crippen molar-refractivity contribution in [2.24, 2.45) is 5.92 Å². The molecule has 2 aromatic rings. The van der Waals surface area contributed by atoms with E-state index >= 15 is 0 Å². The number of benzene rings is 1. The number of pyridine rings is 1. The van der Waals surface area contributed by atoms with Gasteiger partial charge >= 0.3 is 5.97 Å². The van der Waals surface area contributed by atoms with E-state index in [1.165, 1.54) is 0 Å². The number of hydrogen-bond acceptors (Lipinski definition) is 5. The van der Waals surface area contributed by atoms with Gasteiger partial charge in [-0.2, -0.15) is 0 Å². The van der Waals surface area contributed by atoms with E-state index in [2.05, 4.69) is 16.5 Å². The third-order valence-electron chi connectivity index (χ3n) is 5.26. The summed E-state index contributed by atoms with van der Waals surface area (Å²) in [4.78, 5) is 19.2. The van der Waals surface area contributed by atoms with Crippen molar-refractivity contribution in [3.63, 3.8) is 0 Å². The molecule has 1 aromatic carbocycles. The molecule has 1 N–H and O–H groups in total. The van der Waals surface area contributed by atoms with Gasteiger partial charge in [-0.15, -0.1) is 0 Å². The molecule has 3 rings (SSSR count). The Balaban J connectivity index is 1.99. The minimum atomic E-state index is -0.865. The van der Waals surface area contributed by atoms with Crippen molar-refractivity contribution in [1.82, 2.24) is 4.98 Å². The Kier molecular flexibility index (Phi) is 4.76. The lowest BCUT2D eigenvalue weighted by molar-refractivity contribution is 0.00717. The summed E-state index contributed by atoms with van der Waals surface area (Å²) < 4.78 is 5.55. The zero-order valence-corrected chi connectivity index (χ0v) is 16.7. The van der Waals surface area contributed by atoms with Gasteiger partial charge in [-0.05, 0) is 57.5 Å². The number of aliphatic hydroxyl groups is 1. The van der Waals surface area contributed by atoms with E-state index < -0.39 is 11.2 Å². The molecule has 2 heterocycles. The van der Waals surface area contributed by atoms with Gasteiger partial charge in [-0.3, -0.25) is 4.98 Å². The third-order valence-corrected chi connectivity index (χ3v) is 5.26. The fraction of sp³-hybridized carbons (Fsp3) is 0.455. The number of esters is 1. The zero-order valence-electron chi connectivity index (χ0n) is 16.7. The first-order valence-electron chi connectivity index (χ1n) is 9.27. The second kappa shape index (κ2) is 6.64. The first-order chi connectivity index (χ1) is 12.5. The van der Waals surface area contributed by atoms with Crippen molar-refractivity contribution < 1.29 is 14.6 Å². The summed E-state index contributed by atoms with van der Waals surface area (Å²) in [6.45, 7) is 14.7. The van der Waals surface area contributed by atoms with Crippen LogP contribution in [0, 0.1) is 5.92 Å². The average molecular weight is 368 g/mol. The number of carbonyl (C=O) groups is 1. The van der Waals surface area contributed by atoms with Crippen LogP contribution in [0.4, 0.5) is 5.69 Å². The maximum Gasteiger partial charge on any atom is 0.339 e. The lowest BCUT2D eigenvalue weighted by Gasteiger charge is -2.44. The van der Waals surface area contributed by atoms with E-state index in [0.717, 1.165) is 22.2 Å². The van der Waals surface area contributed by atoms with E-state index in [-0.39, 0.29) is 11.9 Å². The molecule has 0 bridgehead atoms. The van der Waals surface area contributed by atoms with Gasteiger partial charge in [0.1, 0.15) is 5.60 Å². The molecule has 5 heteroatoms. The van der Waals surface area contributed by atoms with Gasteiger partial charge in [0.15, 0.2) is 0 Å². The minimum Gasteiger partial charge on any atom is -0.456 e. The van der Waals surface area contributed by atoms with Crippen LogP contribution in [0.5, 0.6) is 0 Å². The topological polar surface area (TPSA) is 62.7 Å². The zero-order chi connectivity index (χ0) is 20.0. The summed E-state index contributed by atoms with van der Waals surface area (Å²) in [5.41, 5.74) is 1.60. The van der Waals surface area contributed by atoms with Crippen LogP contribution < -0.4 is 4.90 Å². The SMILES string of the molecule is C=C1CN(c2ccc3nccc(C(=O)OC(C)(C)C)c3c2)C[C@H](C)[C@]1(C)O. The molecule has 0 unspecified atom stereocenters. The first-order valence-corrected chi connectivity index (χ1v) is 9.27. The van der Waals surface area contributed by atoms with Crippen LogP contribution in [0.15, 0.2) is 42.6 Å². The number of ether oxygens (including phenoxy) is 1. The molecule has 27 heavy (non-hydrogen) atoms. The van der Waals surface area contributed by atoms with Crippen molar-refractivity contribution in [2.45, 2.75) is 45.8 Å². The molecule has 0 radical (unpaired) electrons. The van der Waals surface area contributed by atoms with Crippen molar-refractivity contribution in [3.05, 3.63) is 48.2 Å². The quantitative estimate of drug-likeness (QED) is 0.642. The van der Waals surface area contributed by atoms with Gasteiger partial charge in [0.25, 0.3) is 0 Å². The van der Waals surface area contributed by atoms with Crippen molar-refractivity contribution in [2.75, 3.05) is 18.0 Å². The number of piperidine rings is 1. The molecule has 0 saturated carbocycles. The van der Waals surface area contributed by atoms with Crippen molar-refractivity contribution in [3.8, 4) is 0 Å². The van der Waals surface area contributed by atoms with Gasteiger partial charge < -0.3 is 14.7 Å². The van der Waals surface area contributed by atoms with Crippen LogP contribution in [-0.4, -0.2) is 40.4 Å². The van der Waals surface area contributed by atoms with Gasteiger partial charge in [0, 0.05) is 36.3 Å². The molecular formula is C22H28N2O3. The van der Waals surface area contributed by atoms with Crippen LogP contribution in [-0.2, 0) is 4.74 Å². The van der Waals surface area contributed by atoms with E-state index in [4.69, 9.17) is 4.74 Å². The number of hydrogen-bond donors (Lipinski definition) is 1. The van der Waals surface area contributed by atoms with Crippen molar-refractivity contribution in [1.29, 1.82) is 0 Å². The standard InChI is InChI=1S/C22H28N2O3/c1-14-12-24(13-15(2)22(14,6)26)16-7-8-19-18(11-16)17(9-10-23-19)20(25)27-21(3,4)5/h7-11,15,26H,1,12-13H2,2-6H3/t15-,22+/m0/s1. The van der Waals surface area contributed by atoms with E-state index in [1.807, 2.05) is 52.8 Å². The van der Waals surface area contributed by atoms with Crippen LogP contribution >= 0.6 is 0 Å². The second-order valence-corrected chi connectivity index (χ2v) is 8.59. The van der Waals surface area contributed by atoms with Crippen molar-refractivity contribution >= 4 is 22.6 Å². The number of aromatic nitrogens is 1. The molecule has 0 spiro atoms. The molecule has 5 nitrogen and oxygen atoms in total. The fourth-order valence-electron chi connectivity index (χ4n) is 3.35. The summed E-state index contributed by atoms with van der Waals surface area (Å²) in [5, 5.41) is 11.3. The highest BCUT2D eigenvalue weighted by Crippen LogP contribution is 2.34. The molecule has 0 aliphatic carbocycles. The Morgan fingerprint density at radius 2 is 2.07 bits per heavy atom. The summed E-state index contributed by atoms with van der Waals surface area (Å²) in [6, 6.07) is 7.58. The predicted octanol–water partition coefficient (Wildman–Crippen LogP) is 3.95. The highest BCUT2D eigenvalue weighted by molar-refractivity contribution is 6.04. The Bertz CT molecular complexity index is 896. The van der Waals surface area contributed by atoms with Gasteiger partial charge in [-0.1, -0.05) is 13.5 Å². The number of anilines is 1. The number of fused-ring (bicyclic) bond motifs is 1. The van der Waals surface area contributed by atoms with Gasteiger partial charge in [-0.25, -0.2) is 4.79 Å². The monoisotopic (exact) mass is 368 g/mol. The summed E-state index contributed by atoms with van der Waals surface area (Å²) in [5.74, 6) is -0.305. The van der Waals surface area contributed by atoms with Crippen LogP contribution in [0.3, 0.4) is 0 Å². The summed E-state index contributed by atoms with van der Waals surface area (Å²) in [7, 11) is 0. The fourth-order valence-corrected chi connectivity index (χ4v) is 3.35. The van der Waals surface area contributed by atoms with Gasteiger partial charge in [0.2, 0.25) is 0 Å². The predicted molar refractivity (Wildman–Crippen MR) is 108 cm³/mol. The molecule has 1 aromatic heterocycles. The largest absolute Gasteiger partial charge is 0.456 e. The number of carbonyl (C=O) groups excluding carboxylic acids is 1. The minimum absolute atomic E-state index is 0.0497. The Morgan fingerprint density at radius 1 is 1.37 bits per heavy atom. The molecule has 1 saturated heterocycles. The first kappa shape index (κ1) is 19.4. The van der Waals surface area contributed by atoms with E-state index in [0.29, 0.717) is 18.7 Å². The molecule has 144 valence electrons. The second-order valence-electron chi connectivity index (χ2n) is 8.59.